The average molecular weight is 325 g/mol. The summed E-state index contributed by atoms with van der Waals surface area (Å²) < 4.78 is 11.1. The van der Waals surface area contributed by atoms with Crippen molar-refractivity contribution in [1.29, 1.82) is 0 Å². The van der Waals surface area contributed by atoms with E-state index in [1.54, 1.807) is 0 Å². The number of hydrogen-bond donors (Lipinski definition) is 4. The Hall–Kier alpha value is -1.51. The summed E-state index contributed by atoms with van der Waals surface area (Å²) in [7, 11) is 0. The Labute approximate surface area is 134 Å². The first-order valence-corrected chi connectivity index (χ1v) is 7.58. The molecule has 1 saturated heterocycles. The maximum Gasteiger partial charge on any atom is 0.217 e. The lowest BCUT2D eigenvalue weighted by atomic mass is 9.97. The van der Waals surface area contributed by atoms with Gasteiger partial charge < -0.3 is 30.1 Å². The van der Waals surface area contributed by atoms with Crippen LogP contribution in [0.25, 0.3) is 0 Å². The van der Waals surface area contributed by atoms with E-state index in [-0.39, 0.29) is 5.91 Å². The smallest absolute Gasteiger partial charge is 0.217 e. The van der Waals surface area contributed by atoms with Crippen molar-refractivity contribution in [3.05, 3.63) is 35.9 Å². The molecule has 0 aromatic heterocycles. The van der Waals surface area contributed by atoms with Gasteiger partial charge in [0, 0.05) is 6.92 Å². The van der Waals surface area contributed by atoms with Gasteiger partial charge in [-0.2, -0.15) is 0 Å². The molecule has 0 unspecified atom stereocenters. The molecule has 1 amide bonds. The molecule has 1 aromatic rings. The van der Waals surface area contributed by atoms with Crippen LogP contribution >= 0.6 is 0 Å². The van der Waals surface area contributed by atoms with Gasteiger partial charge in [-0.15, -0.1) is 0 Å². The number of nitrogens with one attached hydrogen (secondary N) is 1. The summed E-state index contributed by atoms with van der Waals surface area (Å²) in [5, 5.41) is 31.8. The monoisotopic (exact) mass is 325 g/mol. The van der Waals surface area contributed by atoms with E-state index in [4.69, 9.17) is 9.47 Å². The summed E-state index contributed by atoms with van der Waals surface area (Å²) in [6, 6.07) is 8.80. The van der Waals surface area contributed by atoms with E-state index in [1.165, 1.54) is 6.92 Å². The first-order valence-electron chi connectivity index (χ1n) is 7.58. The highest BCUT2D eigenvalue weighted by molar-refractivity contribution is 5.73. The predicted molar refractivity (Wildman–Crippen MR) is 81.5 cm³/mol. The average Bonchev–Trinajstić information content (AvgIpc) is 2.54. The van der Waals surface area contributed by atoms with E-state index in [1.807, 2.05) is 30.3 Å². The van der Waals surface area contributed by atoms with Gasteiger partial charge in [0.1, 0.15) is 24.4 Å². The molecular formula is C16H23NO6. The molecule has 2 rings (SSSR count). The van der Waals surface area contributed by atoms with Gasteiger partial charge in [0.05, 0.1) is 13.2 Å². The van der Waals surface area contributed by atoms with Gasteiger partial charge >= 0.3 is 0 Å². The van der Waals surface area contributed by atoms with Crippen molar-refractivity contribution in [2.45, 2.75) is 44.0 Å². The Balaban J connectivity index is 1.98. The van der Waals surface area contributed by atoms with Crippen molar-refractivity contribution in [2.75, 3.05) is 13.2 Å². The van der Waals surface area contributed by atoms with Crippen LogP contribution in [0.2, 0.25) is 0 Å². The fourth-order valence-electron chi connectivity index (χ4n) is 2.55. The first-order chi connectivity index (χ1) is 11.0. The van der Waals surface area contributed by atoms with Gasteiger partial charge in [-0.1, -0.05) is 30.3 Å². The molecule has 0 bridgehead atoms. The highest BCUT2D eigenvalue weighted by Gasteiger charge is 2.45. The van der Waals surface area contributed by atoms with Crippen LogP contribution in [-0.4, -0.2) is 65.1 Å². The molecule has 1 heterocycles. The SMILES string of the molecule is CC(=O)N[C@@H]1[C@@H](OCCc2ccccc2)O[C@@H](CO)[C@@H](O)[C@@H]1O. The molecule has 23 heavy (non-hydrogen) atoms. The second-order valence-electron chi connectivity index (χ2n) is 5.54. The molecular weight excluding hydrogens is 302 g/mol. The van der Waals surface area contributed by atoms with E-state index in [0.717, 1.165) is 5.56 Å². The van der Waals surface area contributed by atoms with Gasteiger partial charge in [0.15, 0.2) is 6.29 Å². The lowest BCUT2D eigenvalue weighted by Gasteiger charge is -2.42. The summed E-state index contributed by atoms with van der Waals surface area (Å²) in [6.07, 6.45) is -3.86. The number of carbonyl (C=O) groups is 1. The van der Waals surface area contributed by atoms with Crippen LogP contribution in [-0.2, 0) is 20.7 Å². The lowest BCUT2D eigenvalue weighted by Crippen LogP contribution is -2.64. The van der Waals surface area contributed by atoms with Crippen LogP contribution in [0.4, 0.5) is 0 Å². The normalized spacial score (nSPS) is 30.9. The summed E-state index contributed by atoms with van der Waals surface area (Å²) in [4.78, 5) is 11.3. The largest absolute Gasteiger partial charge is 0.394 e. The predicted octanol–water partition coefficient (Wildman–Crippen LogP) is -0.811. The molecule has 7 heteroatoms. The molecule has 1 aliphatic heterocycles. The molecule has 0 saturated carbocycles. The van der Waals surface area contributed by atoms with Crippen LogP contribution < -0.4 is 5.32 Å². The topological polar surface area (TPSA) is 108 Å². The number of aliphatic hydroxyl groups excluding tert-OH is 3. The van der Waals surface area contributed by atoms with Crippen LogP contribution in [0.1, 0.15) is 12.5 Å². The standard InChI is InChI=1S/C16H23NO6/c1-10(19)17-13-15(21)14(20)12(9-18)23-16(13)22-8-7-11-5-3-2-4-6-11/h2-6,12-16,18,20-21H,7-9H2,1H3,(H,17,19)/t12-,13-,14+,15+,16-/m0/s1. The molecule has 128 valence electrons. The Bertz CT molecular complexity index is 497. The van der Waals surface area contributed by atoms with Crippen molar-refractivity contribution in [2.24, 2.45) is 0 Å². The number of rotatable bonds is 6. The highest BCUT2D eigenvalue weighted by Crippen LogP contribution is 2.22. The number of hydrogen-bond acceptors (Lipinski definition) is 6. The van der Waals surface area contributed by atoms with Crippen LogP contribution in [0.5, 0.6) is 0 Å². The van der Waals surface area contributed by atoms with Crippen LogP contribution in [0.3, 0.4) is 0 Å². The van der Waals surface area contributed by atoms with Crippen LogP contribution in [0, 0.1) is 0 Å². The summed E-state index contributed by atoms with van der Waals surface area (Å²) in [5.74, 6) is -0.371. The first kappa shape index (κ1) is 17.8. The fraction of sp³-hybridized carbons (Fsp3) is 0.562. The zero-order chi connectivity index (χ0) is 16.8. The third-order valence-electron chi connectivity index (χ3n) is 3.77. The molecule has 4 N–H and O–H groups in total. The van der Waals surface area contributed by atoms with Crippen molar-refractivity contribution >= 4 is 5.91 Å². The molecule has 0 aliphatic carbocycles. The van der Waals surface area contributed by atoms with Gasteiger partial charge in [-0.05, 0) is 12.0 Å². The molecule has 5 atom stereocenters. The third kappa shape index (κ3) is 4.73. The minimum absolute atomic E-state index is 0.311. The molecule has 0 radical (unpaired) electrons. The van der Waals surface area contributed by atoms with Crippen molar-refractivity contribution in [1.82, 2.24) is 5.32 Å². The Morgan fingerprint density at radius 2 is 1.96 bits per heavy atom. The maximum absolute atomic E-state index is 11.3. The van der Waals surface area contributed by atoms with E-state index < -0.39 is 37.3 Å². The number of aliphatic hydroxyl groups is 3. The number of carbonyl (C=O) groups excluding carboxylic acids is 1. The van der Waals surface area contributed by atoms with Crippen LogP contribution in [0.15, 0.2) is 30.3 Å². The molecule has 0 spiro atoms. The summed E-state index contributed by atoms with van der Waals surface area (Å²) in [6.45, 7) is 1.16. The number of amides is 1. The minimum Gasteiger partial charge on any atom is -0.394 e. The van der Waals surface area contributed by atoms with E-state index in [0.29, 0.717) is 13.0 Å². The Morgan fingerprint density at radius 3 is 2.57 bits per heavy atom. The Kier molecular flexibility index (Phi) is 6.49. The van der Waals surface area contributed by atoms with Gasteiger partial charge in [0.2, 0.25) is 5.91 Å². The van der Waals surface area contributed by atoms with Gasteiger partial charge in [-0.25, -0.2) is 0 Å². The summed E-state index contributed by atoms with van der Waals surface area (Å²) in [5.41, 5.74) is 1.08. The quantitative estimate of drug-likeness (QED) is 0.545. The molecule has 7 nitrogen and oxygen atoms in total. The zero-order valence-corrected chi connectivity index (χ0v) is 13.0. The number of ether oxygens (including phenoxy) is 2. The Morgan fingerprint density at radius 1 is 1.26 bits per heavy atom. The molecule has 1 aliphatic rings. The third-order valence-corrected chi connectivity index (χ3v) is 3.77. The summed E-state index contributed by atoms with van der Waals surface area (Å²) >= 11 is 0. The zero-order valence-electron chi connectivity index (χ0n) is 13.0. The maximum atomic E-state index is 11.3. The molecule has 1 fully saturated rings. The van der Waals surface area contributed by atoms with Gasteiger partial charge in [-0.3, -0.25) is 4.79 Å². The van der Waals surface area contributed by atoms with Gasteiger partial charge in [0.25, 0.3) is 0 Å². The van der Waals surface area contributed by atoms with E-state index in [2.05, 4.69) is 5.32 Å². The minimum atomic E-state index is -1.30. The highest BCUT2D eigenvalue weighted by atomic mass is 16.7. The van der Waals surface area contributed by atoms with E-state index >= 15 is 0 Å². The fourth-order valence-corrected chi connectivity index (χ4v) is 2.55. The molecule has 1 aromatic carbocycles. The lowest BCUT2D eigenvalue weighted by molar-refractivity contribution is -0.269. The second-order valence-corrected chi connectivity index (χ2v) is 5.54. The van der Waals surface area contributed by atoms with Crippen molar-refractivity contribution in [3.63, 3.8) is 0 Å². The van der Waals surface area contributed by atoms with Crippen molar-refractivity contribution in [3.8, 4) is 0 Å². The van der Waals surface area contributed by atoms with Crippen molar-refractivity contribution < 1.29 is 29.6 Å². The number of benzene rings is 1. The second kappa shape index (κ2) is 8.37. The van der Waals surface area contributed by atoms with E-state index in [9.17, 15) is 20.1 Å².